The van der Waals surface area contributed by atoms with Crippen molar-refractivity contribution in [1.29, 1.82) is 0 Å². The monoisotopic (exact) mass is 542 g/mol. The van der Waals surface area contributed by atoms with Gasteiger partial charge in [0.1, 0.15) is 5.78 Å². The molecule has 210 valence electrons. The summed E-state index contributed by atoms with van der Waals surface area (Å²) in [7, 11) is -3.44. The zero-order chi connectivity index (χ0) is 28.3. The van der Waals surface area contributed by atoms with Crippen LogP contribution in [0.3, 0.4) is 0 Å². The molecule has 0 amide bonds. The molecule has 1 unspecified atom stereocenters. The maximum Gasteiger partial charge on any atom is 0.226 e. The van der Waals surface area contributed by atoms with Crippen LogP contribution >= 0.6 is 0 Å². The lowest BCUT2D eigenvalue weighted by Crippen LogP contribution is -2.72. The molecule has 38 heavy (non-hydrogen) atoms. The van der Waals surface area contributed by atoms with Crippen LogP contribution in [0.1, 0.15) is 99.8 Å². The Balaban J connectivity index is 1.64. The summed E-state index contributed by atoms with van der Waals surface area (Å²) < 4.78 is 28.3. The Kier molecular flexibility index (Phi) is 5.92. The first-order valence-corrected chi connectivity index (χ1v) is 16.3. The molecule has 4 fully saturated rings. The smallest absolute Gasteiger partial charge is 0.226 e. The minimum Gasteiger partial charge on any atom is -0.307 e. The Morgan fingerprint density at radius 1 is 0.921 bits per heavy atom. The molecule has 6 nitrogen and oxygen atoms in total. The average Bonchev–Trinajstić information content (AvgIpc) is 2.78. The molecular formula is C31H46N2O4S. The van der Waals surface area contributed by atoms with Crippen molar-refractivity contribution in [2.24, 2.45) is 50.7 Å². The molecule has 0 aromatic heterocycles. The van der Waals surface area contributed by atoms with Crippen molar-refractivity contribution in [2.45, 2.75) is 105 Å². The van der Waals surface area contributed by atoms with Crippen LogP contribution in [0.15, 0.2) is 11.8 Å². The predicted octanol–water partition coefficient (Wildman–Crippen LogP) is 5.94. The molecule has 0 saturated heterocycles. The summed E-state index contributed by atoms with van der Waals surface area (Å²) in [6.07, 6.45) is 9.56. The molecule has 5 aliphatic carbocycles. The molecule has 5 rings (SSSR count). The molecule has 1 N–H and O–H groups in total. The summed E-state index contributed by atoms with van der Waals surface area (Å²) in [6, 6.07) is 0. The first-order valence-electron chi connectivity index (χ1n) is 14.4. The molecule has 0 radical (unpaired) electrons. The number of Topliss-reactive ketones (excluding diaryl/α,β-unsaturated/α-hetero) is 2. The molecule has 0 aromatic rings. The van der Waals surface area contributed by atoms with Crippen LogP contribution in [0.2, 0.25) is 0 Å². The topological polar surface area (TPSA) is 84.7 Å². The summed E-state index contributed by atoms with van der Waals surface area (Å²) in [5.41, 5.74) is -1.78. The second-order valence-corrected chi connectivity index (χ2v) is 17.4. The van der Waals surface area contributed by atoms with E-state index in [1.54, 1.807) is 0 Å². The van der Waals surface area contributed by atoms with Crippen LogP contribution in [0.25, 0.3) is 4.85 Å². The second-order valence-electron chi connectivity index (χ2n) is 15.7. The number of carbonyl (C=O) groups excluding carboxylic acids is 2. The van der Waals surface area contributed by atoms with Gasteiger partial charge in [0.15, 0.2) is 5.78 Å². The van der Waals surface area contributed by atoms with E-state index < -0.39 is 26.4 Å². The van der Waals surface area contributed by atoms with E-state index in [2.05, 4.69) is 44.2 Å². The number of ketones is 2. The van der Waals surface area contributed by atoms with Gasteiger partial charge in [0.25, 0.3) is 0 Å². The predicted molar refractivity (Wildman–Crippen MR) is 148 cm³/mol. The van der Waals surface area contributed by atoms with E-state index in [-0.39, 0.29) is 57.2 Å². The number of carbonyl (C=O) groups is 2. The van der Waals surface area contributed by atoms with Crippen molar-refractivity contribution in [3.63, 3.8) is 0 Å². The van der Waals surface area contributed by atoms with Gasteiger partial charge >= 0.3 is 0 Å². The molecule has 0 aliphatic heterocycles. The SMILES string of the molecule is [C-]#[N+]C1=C[C@]2(C)C3CC(=O)[C@@H]4[C@@H]5CC(C)(C)CC[C@]5(NS(C)(=O)=O)CC[C@@]4(C)[C@]3(C)CC[C@H]2C(C)(C)C1=O. The van der Waals surface area contributed by atoms with Crippen LogP contribution in [0.5, 0.6) is 0 Å². The highest BCUT2D eigenvalue weighted by Crippen LogP contribution is 2.74. The third-order valence-electron chi connectivity index (χ3n) is 12.8. The maximum absolute atomic E-state index is 14.5. The lowest BCUT2D eigenvalue weighted by Gasteiger charge is -2.72. The first kappa shape index (κ1) is 28.0. The molecule has 7 heteroatoms. The van der Waals surface area contributed by atoms with E-state index >= 15 is 0 Å². The van der Waals surface area contributed by atoms with Gasteiger partial charge in [-0.05, 0) is 84.4 Å². The van der Waals surface area contributed by atoms with Crippen LogP contribution < -0.4 is 4.72 Å². The molecule has 0 spiro atoms. The van der Waals surface area contributed by atoms with Gasteiger partial charge in [-0.1, -0.05) is 54.5 Å². The number of allylic oxidation sites excluding steroid dienone is 2. The number of fused-ring (bicyclic) bond motifs is 7. The quantitative estimate of drug-likeness (QED) is 0.438. The fourth-order valence-electron chi connectivity index (χ4n) is 10.8. The second kappa shape index (κ2) is 8.03. The summed E-state index contributed by atoms with van der Waals surface area (Å²) in [5, 5.41) is 0. The van der Waals surface area contributed by atoms with E-state index in [4.69, 9.17) is 6.57 Å². The van der Waals surface area contributed by atoms with E-state index in [0.717, 1.165) is 44.9 Å². The van der Waals surface area contributed by atoms with Crippen molar-refractivity contribution in [1.82, 2.24) is 4.72 Å². The summed E-state index contributed by atoms with van der Waals surface area (Å²) in [6.45, 7) is 23.1. The van der Waals surface area contributed by atoms with Crippen LogP contribution in [-0.4, -0.2) is 31.8 Å². The van der Waals surface area contributed by atoms with Crippen molar-refractivity contribution >= 4 is 21.6 Å². The highest BCUT2D eigenvalue weighted by atomic mass is 32.2. The number of rotatable bonds is 2. The van der Waals surface area contributed by atoms with Gasteiger partial charge in [0, 0.05) is 23.3 Å². The maximum atomic E-state index is 14.5. The van der Waals surface area contributed by atoms with Gasteiger partial charge in [-0.2, -0.15) is 0 Å². The molecule has 0 aromatic carbocycles. The first-order chi connectivity index (χ1) is 17.3. The number of sulfonamides is 1. The Morgan fingerprint density at radius 3 is 2.16 bits per heavy atom. The van der Waals surface area contributed by atoms with Crippen LogP contribution in [0.4, 0.5) is 0 Å². The van der Waals surface area contributed by atoms with Crippen molar-refractivity contribution in [3.8, 4) is 0 Å². The van der Waals surface area contributed by atoms with Crippen LogP contribution in [-0.2, 0) is 19.6 Å². The average molecular weight is 543 g/mol. The van der Waals surface area contributed by atoms with Crippen molar-refractivity contribution < 1.29 is 18.0 Å². The number of nitrogens with one attached hydrogen (secondary N) is 1. The summed E-state index contributed by atoms with van der Waals surface area (Å²) >= 11 is 0. The molecule has 4 saturated carbocycles. The Morgan fingerprint density at radius 2 is 1.55 bits per heavy atom. The fourth-order valence-corrected chi connectivity index (χ4v) is 11.9. The third kappa shape index (κ3) is 3.61. The minimum atomic E-state index is -3.44. The summed E-state index contributed by atoms with van der Waals surface area (Å²) in [5.74, 6) is 0.0824. The minimum absolute atomic E-state index is 0.0331. The van der Waals surface area contributed by atoms with Crippen molar-refractivity contribution in [3.05, 3.63) is 23.2 Å². The Hall–Kier alpha value is -1.52. The lowest BCUT2D eigenvalue weighted by atomic mass is 9.32. The van der Waals surface area contributed by atoms with Gasteiger partial charge < -0.3 is 4.79 Å². The Labute approximate surface area is 229 Å². The molecular weight excluding hydrogens is 496 g/mol. The largest absolute Gasteiger partial charge is 0.307 e. The number of nitrogens with zero attached hydrogens (tertiary/aromatic N) is 1. The van der Waals surface area contributed by atoms with Gasteiger partial charge in [-0.15, -0.1) is 0 Å². The molecule has 8 atom stereocenters. The zero-order valence-corrected chi connectivity index (χ0v) is 25.3. The van der Waals surface area contributed by atoms with Gasteiger partial charge in [0.05, 0.1) is 12.8 Å². The van der Waals surface area contributed by atoms with E-state index in [9.17, 15) is 18.0 Å². The third-order valence-corrected chi connectivity index (χ3v) is 13.6. The number of hydrogen-bond donors (Lipinski definition) is 1. The standard InChI is InChI=1S/C31H46N2O4S/c1-26(2)12-14-31(33-38(9,36)37)15-13-30(7)24(19(31)17-26)21(34)16-23-28(5)18-20(32-8)25(35)27(3,4)22(28)10-11-29(23,30)6/h18-19,22-24,33H,10-17H2,1-7,9H3/t19-,22-,23?,24-,28-,29+,30+,31-/m0/s1. The summed E-state index contributed by atoms with van der Waals surface area (Å²) in [4.78, 5) is 31.4. The fraction of sp³-hybridized carbons (Fsp3) is 0.839. The lowest BCUT2D eigenvalue weighted by molar-refractivity contribution is -0.214. The molecule has 0 heterocycles. The zero-order valence-electron chi connectivity index (χ0n) is 24.5. The highest BCUT2D eigenvalue weighted by molar-refractivity contribution is 7.88. The van der Waals surface area contributed by atoms with Gasteiger partial charge in [-0.25, -0.2) is 18.0 Å². The Bertz CT molecular complexity index is 1270. The molecule has 5 aliphatic rings. The van der Waals surface area contributed by atoms with Gasteiger partial charge in [-0.3, -0.25) is 4.79 Å². The van der Waals surface area contributed by atoms with E-state index in [1.807, 2.05) is 19.9 Å². The number of hydrogen-bond acceptors (Lipinski definition) is 4. The van der Waals surface area contributed by atoms with E-state index in [0.29, 0.717) is 6.42 Å². The van der Waals surface area contributed by atoms with Crippen LogP contribution in [0, 0.1) is 57.3 Å². The van der Waals surface area contributed by atoms with E-state index in [1.165, 1.54) is 6.26 Å². The van der Waals surface area contributed by atoms with Gasteiger partial charge in [0.2, 0.25) is 15.7 Å². The highest BCUT2D eigenvalue weighted by Gasteiger charge is 2.72. The van der Waals surface area contributed by atoms with Crippen molar-refractivity contribution in [2.75, 3.05) is 6.26 Å². The normalized spacial score (nSPS) is 47.5. The molecule has 0 bridgehead atoms.